The average Bonchev–Trinajstić information content (AvgIpc) is 3.13. The fraction of sp³-hybridized carbons (Fsp3) is 0.115. The van der Waals surface area contributed by atoms with Gasteiger partial charge in [0.25, 0.3) is 11.8 Å². The molecular weight excluding hydrogens is 507 g/mol. The van der Waals surface area contributed by atoms with Crippen molar-refractivity contribution in [3.05, 3.63) is 99.7 Å². The molecular formula is C26H20ClFN2O3S2. The van der Waals surface area contributed by atoms with E-state index in [1.807, 2.05) is 43.3 Å². The van der Waals surface area contributed by atoms with Crippen molar-refractivity contribution in [3.63, 3.8) is 0 Å². The molecule has 1 aliphatic rings. The van der Waals surface area contributed by atoms with Gasteiger partial charge in [0.05, 0.1) is 16.0 Å². The summed E-state index contributed by atoms with van der Waals surface area (Å²) in [7, 11) is 0. The van der Waals surface area contributed by atoms with Crippen molar-refractivity contribution in [2.24, 2.45) is 0 Å². The molecule has 1 heterocycles. The van der Waals surface area contributed by atoms with E-state index in [0.717, 1.165) is 11.1 Å². The van der Waals surface area contributed by atoms with Gasteiger partial charge in [-0.05, 0) is 54.5 Å². The Morgan fingerprint density at radius 1 is 1.17 bits per heavy atom. The number of nitrogens with one attached hydrogen (secondary N) is 1. The summed E-state index contributed by atoms with van der Waals surface area (Å²) >= 11 is 12.5. The first-order valence-electron chi connectivity index (χ1n) is 10.6. The van der Waals surface area contributed by atoms with E-state index in [1.54, 1.807) is 29.2 Å². The fourth-order valence-corrected chi connectivity index (χ4v) is 5.06. The van der Waals surface area contributed by atoms with Crippen molar-refractivity contribution in [1.29, 1.82) is 0 Å². The molecule has 0 unspecified atom stereocenters. The minimum absolute atomic E-state index is 0.0833. The second kappa shape index (κ2) is 11.0. The third-order valence-electron chi connectivity index (χ3n) is 5.22. The van der Waals surface area contributed by atoms with Gasteiger partial charge in [0.2, 0.25) is 0 Å². The summed E-state index contributed by atoms with van der Waals surface area (Å²) in [6, 6.07) is 20.5. The minimum atomic E-state index is -0.566. The van der Waals surface area contributed by atoms with Crippen LogP contribution in [0.4, 0.5) is 10.1 Å². The lowest BCUT2D eigenvalue weighted by Crippen LogP contribution is -2.30. The van der Waals surface area contributed by atoms with Crippen LogP contribution in [-0.4, -0.2) is 27.6 Å². The highest BCUT2D eigenvalue weighted by Crippen LogP contribution is 2.38. The highest BCUT2D eigenvalue weighted by atomic mass is 35.5. The zero-order valence-corrected chi connectivity index (χ0v) is 20.9. The van der Waals surface area contributed by atoms with E-state index in [4.69, 9.17) is 28.6 Å². The summed E-state index contributed by atoms with van der Waals surface area (Å²) in [4.78, 5) is 27.4. The van der Waals surface area contributed by atoms with E-state index in [-0.39, 0.29) is 23.6 Å². The summed E-state index contributed by atoms with van der Waals surface area (Å²) in [6.07, 6.45) is 1.75. The van der Waals surface area contributed by atoms with Crippen LogP contribution >= 0.6 is 35.6 Å². The summed E-state index contributed by atoms with van der Waals surface area (Å²) in [5.74, 6) is -0.683. The number of anilines is 1. The lowest BCUT2D eigenvalue weighted by atomic mass is 10.1. The first-order valence-corrected chi connectivity index (χ1v) is 12.2. The number of ether oxygens (including phenoxy) is 1. The second-order valence-corrected chi connectivity index (χ2v) is 9.76. The number of carbonyl (C=O) groups is 2. The Morgan fingerprint density at radius 2 is 1.94 bits per heavy atom. The molecule has 0 spiro atoms. The number of halogens is 2. The van der Waals surface area contributed by atoms with Crippen molar-refractivity contribution in [3.8, 4) is 5.75 Å². The number of amides is 2. The predicted molar refractivity (Wildman–Crippen MR) is 142 cm³/mol. The molecule has 1 fully saturated rings. The first kappa shape index (κ1) is 24.9. The van der Waals surface area contributed by atoms with E-state index < -0.39 is 11.7 Å². The Kier molecular flexibility index (Phi) is 7.85. The van der Waals surface area contributed by atoms with Crippen LogP contribution in [0.2, 0.25) is 5.02 Å². The molecule has 3 aromatic rings. The van der Waals surface area contributed by atoms with Crippen LogP contribution in [0.25, 0.3) is 6.08 Å². The summed E-state index contributed by atoms with van der Waals surface area (Å²) in [5.41, 5.74) is 2.10. The van der Waals surface area contributed by atoms with Crippen LogP contribution in [0.15, 0.2) is 77.7 Å². The zero-order valence-electron chi connectivity index (χ0n) is 18.5. The topological polar surface area (TPSA) is 58.6 Å². The van der Waals surface area contributed by atoms with Gasteiger partial charge in [-0.2, -0.15) is 0 Å². The van der Waals surface area contributed by atoms with Crippen LogP contribution in [0.1, 0.15) is 24.1 Å². The van der Waals surface area contributed by atoms with Gasteiger partial charge >= 0.3 is 0 Å². The van der Waals surface area contributed by atoms with Crippen molar-refractivity contribution < 1.29 is 18.7 Å². The van der Waals surface area contributed by atoms with Crippen LogP contribution in [0.3, 0.4) is 0 Å². The molecule has 1 aliphatic heterocycles. The molecule has 0 aliphatic carbocycles. The average molecular weight is 527 g/mol. The van der Waals surface area contributed by atoms with E-state index >= 15 is 0 Å². The number of nitrogens with zero attached hydrogens (tertiary/aromatic N) is 1. The molecule has 0 radical (unpaired) electrons. The Hall–Kier alpha value is -3.20. The van der Waals surface area contributed by atoms with Crippen LogP contribution in [0, 0.1) is 5.82 Å². The highest BCUT2D eigenvalue weighted by Gasteiger charge is 2.35. The van der Waals surface area contributed by atoms with Gasteiger partial charge < -0.3 is 10.1 Å². The summed E-state index contributed by atoms with van der Waals surface area (Å²) in [6.45, 7) is 1.69. The lowest BCUT2D eigenvalue weighted by Gasteiger charge is -2.23. The Balaban J connectivity index is 1.40. The number of hydrogen-bond donors (Lipinski definition) is 1. The largest absolute Gasteiger partial charge is 0.484 e. The smallest absolute Gasteiger partial charge is 0.266 e. The number of thioether (sulfide) groups is 1. The predicted octanol–water partition coefficient (Wildman–Crippen LogP) is 6.46. The highest BCUT2D eigenvalue weighted by molar-refractivity contribution is 8.26. The van der Waals surface area contributed by atoms with Crippen LogP contribution in [-0.2, 0) is 9.59 Å². The molecule has 1 saturated heterocycles. The van der Waals surface area contributed by atoms with Gasteiger partial charge in [0, 0.05) is 5.69 Å². The van der Waals surface area contributed by atoms with Gasteiger partial charge in [-0.1, -0.05) is 78.0 Å². The van der Waals surface area contributed by atoms with E-state index in [2.05, 4.69) is 5.32 Å². The molecule has 1 atom stereocenters. The molecule has 178 valence electrons. The first-order chi connectivity index (χ1) is 16.8. The molecule has 4 rings (SSSR count). The number of carbonyl (C=O) groups excluding carboxylic acids is 2. The molecule has 5 nitrogen and oxygen atoms in total. The molecule has 1 N–H and O–H groups in total. The molecule has 9 heteroatoms. The van der Waals surface area contributed by atoms with Gasteiger partial charge in [0.1, 0.15) is 15.9 Å². The molecule has 2 amide bonds. The molecule has 0 bridgehead atoms. The molecule has 0 aromatic heterocycles. The summed E-state index contributed by atoms with van der Waals surface area (Å²) < 4.78 is 19.4. The molecule has 3 aromatic carbocycles. The second-order valence-electron chi connectivity index (χ2n) is 7.68. The number of benzene rings is 3. The number of thiocarbonyl (C=S) groups is 1. The Labute approximate surface area is 216 Å². The van der Waals surface area contributed by atoms with Crippen LogP contribution < -0.4 is 10.1 Å². The standard InChI is InChI=1S/C26H20ClFN2O3S2/c1-16(18-7-3-2-4-8-18)30-25(32)23(35-26(30)34)13-17-6-5-9-20(12-17)33-15-24(31)29-19-10-11-22(28)21(27)14-19/h2-14,16H,15H2,1H3,(H,29,31)/b23-13-/t16-/m1/s1. The van der Waals surface area contributed by atoms with Gasteiger partial charge in [-0.3, -0.25) is 14.5 Å². The molecule has 35 heavy (non-hydrogen) atoms. The fourth-order valence-electron chi connectivity index (χ4n) is 3.46. The van der Waals surface area contributed by atoms with Gasteiger partial charge in [0.15, 0.2) is 6.61 Å². The monoisotopic (exact) mass is 526 g/mol. The number of hydrogen-bond acceptors (Lipinski definition) is 5. The third kappa shape index (κ3) is 6.08. The zero-order chi connectivity index (χ0) is 24.9. The Bertz CT molecular complexity index is 1320. The van der Waals surface area contributed by atoms with E-state index in [0.29, 0.717) is 20.7 Å². The van der Waals surface area contributed by atoms with Crippen molar-refractivity contribution in [2.45, 2.75) is 13.0 Å². The quantitative estimate of drug-likeness (QED) is 0.283. The maximum absolute atomic E-state index is 13.3. The third-order valence-corrected chi connectivity index (χ3v) is 6.84. The maximum Gasteiger partial charge on any atom is 0.266 e. The minimum Gasteiger partial charge on any atom is -0.484 e. The van der Waals surface area contributed by atoms with Crippen LogP contribution in [0.5, 0.6) is 5.75 Å². The van der Waals surface area contributed by atoms with E-state index in [9.17, 15) is 14.0 Å². The van der Waals surface area contributed by atoms with Crippen molar-refractivity contribution >= 4 is 63.5 Å². The molecule has 0 saturated carbocycles. The normalized spacial score (nSPS) is 15.4. The van der Waals surface area contributed by atoms with Crippen molar-refractivity contribution in [2.75, 3.05) is 11.9 Å². The summed E-state index contributed by atoms with van der Waals surface area (Å²) in [5, 5.41) is 2.51. The SMILES string of the molecule is C[C@H](c1ccccc1)N1C(=O)/C(=C/c2cccc(OCC(=O)Nc3ccc(F)c(Cl)c3)c2)SC1=S. The maximum atomic E-state index is 13.3. The van der Waals surface area contributed by atoms with Gasteiger partial charge in [-0.25, -0.2) is 4.39 Å². The lowest BCUT2D eigenvalue weighted by molar-refractivity contribution is -0.123. The van der Waals surface area contributed by atoms with Gasteiger partial charge in [-0.15, -0.1) is 0 Å². The van der Waals surface area contributed by atoms with E-state index in [1.165, 1.54) is 30.0 Å². The Morgan fingerprint density at radius 3 is 2.69 bits per heavy atom. The van der Waals surface area contributed by atoms with Crippen molar-refractivity contribution in [1.82, 2.24) is 4.90 Å². The number of rotatable bonds is 7.